The second-order valence-electron chi connectivity index (χ2n) is 4.33. The maximum Gasteiger partial charge on any atom is 0.151 e. The van der Waals surface area contributed by atoms with Crippen LogP contribution in [0.15, 0.2) is 12.1 Å². The molecule has 0 atom stereocenters. The molecule has 0 amide bonds. The average molecular weight is 208 g/mol. The lowest BCUT2D eigenvalue weighted by Crippen LogP contribution is -2.53. The molecule has 0 aromatic carbocycles. The summed E-state index contributed by atoms with van der Waals surface area (Å²) in [5.41, 5.74) is 5.47. The molecule has 2 N–H and O–H groups in total. The van der Waals surface area contributed by atoms with Crippen LogP contribution in [0.2, 0.25) is 0 Å². The zero-order chi connectivity index (χ0) is 10.9. The quantitative estimate of drug-likeness (QED) is 0.735. The Labute approximate surface area is 89.2 Å². The van der Waals surface area contributed by atoms with E-state index in [9.17, 15) is 0 Å². The van der Waals surface area contributed by atoms with Crippen LogP contribution in [0.25, 0.3) is 0 Å². The Morgan fingerprint density at radius 3 is 2.80 bits per heavy atom. The van der Waals surface area contributed by atoms with Gasteiger partial charge in [-0.05, 0) is 26.0 Å². The minimum Gasteiger partial charge on any atom is -0.382 e. The van der Waals surface area contributed by atoms with Crippen LogP contribution in [0.3, 0.4) is 0 Å². The van der Waals surface area contributed by atoms with Gasteiger partial charge in [-0.25, -0.2) is 0 Å². The van der Waals surface area contributed by atoms with E-state index < -0.39 is 0 Å². The molecule has 1 fully saturated rings. The third-order valence-electron chi connectivity index (χ3n) is 2.59. The highest BCUT2D eigenvalue weighted by Gasteiger charge is 2.31. The fourth-order valence-corrected chi connectivity index (χ4v) is 1.76. The summed E-state index contributed by atoms with van der Waals surface area (Å²) in [4.78, 5) is 2.20. The van der Waals surface area contributed by atoms with Crippen LogP contribution in [-0.2, 0) is 4.74 Å². The summed E-state index contributed by atoms with van der Waals surface area (Å²) >= 11 is 0. The first-order valence-corrected chi connectivity index (χ1v) is 5.04. The SMILES string of the molecule is CC1(C)COCCN1c1ccc(N)nn1. The summed E-state index contributed by atoms with van der Waals surface area (Å²) in [5, 5.41) is 7.96. The minimum absolute atomic E-state index is 0.0386. The number of rotatable bonds is 1. The lowest BCUT2D eigenvalue weighted by molar-refractivity contribution is 0.0638. The fraction of sp³-hybridized carbons (Fsp3) is 0.600. The number of nitrogens with two attached hydrogens (primary N) is 1. The van der Waals surface area contributed by atoms with E-state index in [1.54, 1.807) is 6.07 Å². The predicted molar refractivity (Wildman–Crippen MR) is 58.7 cm³/mol. The Morgan fingerprint density at radius 1 is 1.40 bits per heavy atom. The van der Waals surface area contributed by atoms with Gasteiger partial charge in [-0.3, -0.25) is 0 Å². The molecule has 5 heteroatoms. The predicted octanol–water partition coefficient (Wildman–Crippen LogP) is 0.674. The van der Waals surface area contributed by atoms with Crippen LogP contribution in [0.1, 0.15) is 13.8 Å². The zero-order valence-electron chi connectivity index (χ0n) is 9.10. The molecule has 1 saturated heterocycles. The second kappa shape index (κ2) is 3.66. The largest absolute Gasteiger partial charge is 0.382 e. The van der Waals surface area contributed by atoms with Gasteiger partial charge in [0, 0.05) is 6.54 Å². The maximum absolute atomic E-state index is 5.51. The molecule has 2 rings (SSSR count). The molecule has 1 aliphatic rings. The number of hydrogen-bond acceptors (Lipinski definition) is 5. The van der Waals surface area contributed by atoms with E-state index in [4.69, 9.17) is 10.5 Å². The van der Waals surface area contributed by atoms with Crippen molar-refractivity contribution in [2.24, 2.45) is 0 Å². The van der Waals surface area contributed by atoms with Crippen LogP contribution in [0.4, 0.5) is 11.6 Å². The first kappa shape index (κ1) is 10.2. The third-order valence-corrected chi connectivity index (χ3v) is 2.59. The summed E-state index contributed by atoms with van der Waals surface area (Å²) in [6.07, 6.45) is 0. The average Bonchev–Trinajstić information content (AvgIpc) is 2.19. The van der Waals surface area contributed by atoms with E-state index in [-0.39, 0.29) is 5.54 Å². The molecule has 0 saturated carbocycles. The Morgan fingerprint density at radius 2 is 2.20 bits per heavy atom. The second-order valence-corrected chi connectivity index (χ2v) is 4.33. The lowest BCUT2D eigenvalue weighted by atomic mass is 10.0. The Bertz CT molecular complexity index is 336. The van der Waals surface area contributed by atoms with Crippen molar-refractivity contribution in [1.82, 2.24) is 10.2 Å². The molecule has 1 aromatic rings. The first-order valence-electron chi connectivity index (χ1n) is 5.04. The van der Waals surface area contributed by atoms with E-state index in [1.165, 1.54) is 0 Å². The van der Waals surface area contributed by atoms with E-state index in [0.29, 0.717) is 12.4 Å². The van der Waals surface area contributed by atoms with Crippen LogP contribution < -0.4 is 10.6 Å². The number of nitrogen functional groups attached to an aromatic ring is 1. The van der Waals surface area contributed by atoms with Gasteiger partial charge < -0.3 is 15.4 Å². The van der Waals surface area contributed by atoms with Gasteiger partial charge in [0.2, 0.25) is 0 Å². The van der Waals surface area contributed by atoms with Gasteiger partial charge in [0.1, 0.15) is 5.82 Å². The van der Waals surface area contributed by atoms with E-state index in [1.807, 2.05) is 6.07 Å². The van der Waals surface area contributed by atoms with Crippen molar-refractivity contribution in [3.63, 3.8) is 0 Å². The highest BCUT2D eigenvalue weighted by atomic mass is 16.5. The molecule has 0 radical (unpaired) electrons. The first-order chi connectivity index (χ1) is 7.09. The van der Waals surface area contributed by atoms with Gasteiger partial charge in [-0.2, -0.15) is 0 Å². The van der Waals surface area contributed by atoms with Crippen LogP contribution in [0.5, 0.6) is 0 Å². The number of nitrogens with zero attached hydrogens (tertiary/aromatic N) is 3. The molecule has 1 aliphatic heterocycles. The highest BCUT2D eigenvalue weighted by Crippen LogP contribution is 2.24. The van der Waals surface area contributed by atoms with Crippen molar-refractivity contribution >= 4 is 11.6 Å². The van der Waals surface area contributed by atoms with Gasteiger partial charge in [-0.1, -0.05) is 0 Å². The van der Waals surface area contributed by atoms with E-state index >= 15 is 0 Å². The molecular weight excluding hydrogens is 192 g/mol. The van der Waals surface area contributed by atoms with Gasteiger partial charge in [0.25, 0.3) is 0 Å². The Hall–Kier alpha value is -1.36. The van der Waals surface area contributed by atoms with Crippen LogP contribution in [0, 0.1) is 0 Å². The molecular formula is C10H16N4O. The van der Waals surface area contributed by atoms with Crippen molar-refractivity contribution in [1.29, 1.82) is 0 Å². The highest BCUT2D eigenvalue weighted by molar-refractivity contribution is 5.44. The number of aromatic nitrogens is 2. The van der Waals surface area contributed by atoms with Crippen LogP contribution in [-0.4, -0.2) is 35.5 Å². The smallest absolute Gasteiger partial charge is 0.151 e. The van der Waals surface area contributed by atoms with E-state index in [2.05, 4.69) is 28.9 Å². The minimum atomic E-state index is -0.0386. The molecule has 0 aliphatic carbocycles. The topological polar surface area (TPSA) is 64.3 Å². The number of ether oxygens (including phenoxy) is 1. The molecule has 1 aromatic heterocycles. The normalized spacial score (nSPS) is 20.3. The molecule has 0 spiro atoms. The number of anilines is 2. The van der Waals surface area contributed by atoms with Gasteiger partial charge in [0.05, 0.1) is 18.8 Å². The van der Waals surface area contributed by atoms with Crippen molar-refractivity contribution in [3.05, 3.63) is 12.1 Å². The molecule has 2 heterocycles. The van der Waals surface area contributed by atoms with Crippen LogP contribution >= 0.6 is 0 Å². The summed E-state index contributed by atoms with van der Waals surface area (Å²) in [5.74, 6) is 1.31. The molecule has 15 heavy (non-hydrogen) atoms. The monoisotopic (exact) mass is 208 g/mol. The molecule has 0 unspecified atom stereocenters. The fourth-order valence-electron chi connectivity index (χ4n) is 1.76. The summed E-state index contributed by atoms with van der Waals surface area (Å²) < 4.78 is 5.45. The maximum atomic E-state index is 5.51. The molecule has 0 bridgehead atoms. The third kappa shape index (κ3) is 2.02. The number of hydrogen-bond donors (Lipinski definition) is 1. The molecule has 82 valence electrons. The number of morpholine rings is 1. The Kier molecular flexibility index (Phi) is 2.48. The van der Waals surface area contributed by atoms with Crippen molar-refractivity contribution in [2.75, 3.05) is 30.4 Å². The van der Waals surface area contributed by atoms with Gasteiger partial charge >= 0.3 is 0 Å². The summed E-state index contributed by atoms with van der Waals surface area (Å²) in [6, 6.07) is 3.67. The molecule has 5 nitrogen and oxygen atoms in total. The van der Waals surface area contributed by atoms with Crippen molar-refractivity contribution < 1.29 is 4.74 Å². The van der Waals surface area contributed by atoms with Gasteiger partial charge in [-0.15, -0.1) is 10.2 Å². The summed E-state index contributed by atoms with van der Waals surface area (Å²) in [7, 11) is 0. The van der Waals surface area contributed by atoms with E-state index in [0.717, 1.165) is 19.0 Å². The summed E-state index contributed by atoms with van der Waals surface area (Å²) in [6.45, 7) is 6.54. The zero-order valence-corrected chi connectivity index (χ0v) is 9.10. The Balaban J connectivity index is 2.25. The van der Waals surface area contributed by atoms with Crippen molar-refractivity contribution in [3.8, 4) is 0 Å². The van der Waals surface area contributed by atoms with Gasteiger partial charge in [0.15, 0.2) is 5.82 Å². The lowest BCUT2D eigenvalue weighted by Gasteiger charge is -2.42. The van der Waals surface area contributed by atoms with Crippen molar-refractivity contribution in [2.45, 2.75) is 19.4 Å². The standard InChI is InChI=1S/C10H16N4O/c1-10(2)7-15-6-5-14(10)9-4-3-8(11)12-13-9/h3-4H,5-7H2,1-2H3,(H2,11,12).